The van der Waals surface area contributed by atoms with Crippen LogP contribution in [0.15, 0.2) is 42.5 Å². The molecule has 100 valence electrons. The molecule has 0 unspecified atom stereocenters. The molecule has 2 nitrogen and oxygen atoms in total. The zero-order chi connectivity index (χ0) is 13.8. The Morgan fingerprint density at radius 1 is 1.11 bits per heavy atom. The molecule has 0 spiro atoms. The average Bonchev–Trinajstić information content (AvgIpc) is 2.41. The zero-order valence-corrected chi connectivity index (χ0v) is 11.4. The number of nitrogens with two attached hydrogens (primary N) is 1. The van der Waals surface area contributed by atoms with Gasteiger partial charge in [-0.25, -0.2) is 4.39 Å². The van der Waals surface area contributed by atoms with Crippen molar-refractivity contribution >= 4 is 5.69 Å². The molecule has 19 heavy (non-hydrogen) atoms. The minimum atomic E-state index is -0.162. The highest BCUT2D eigenvalue weighted by Gasteiger charge is 2.07. The first kappa shape index (κ1) is 13.6. The fourth-order valence-corrected chi connectivity index (χ4v) is 2.12. The van der Waals surface area contributed by atoms with Crippen LogP contribution in [0, 0.1) is 12.7 Å². The van der Waals surface area contributed by atoms with E-state index in [1.54, 1.807) is 6.07 Å². The quantitative estimate of drug-likeness (QED) is 0.912. The minimum absolute atomic E-state index is 0.162. The van der Waals surface area contributed by atoms with Gasteiger partial charge in [0.25, 0.3) is 0 Å². The van der Waals surface area contributed by atoms with Crippen LogP contribution in [0.5, 0.6) is 0 Å². The highest BCUT2D eigenvalue weighted by molar-refractivity contribution is 5.50. The van der Waals surface area contributed by atoms with Gasteiger partial charge in [-0.1, -0.05) is 24.3 Å². The van der Waals surface area contributed by atoms with E-state index in [1.807, 2.05) is 43.1 Å². The van der Waals surface area contributed by atoms with Crippen LogP contribution in [-0.4, -0.2) is 7.05 Å². The molecule has 0 heterocycles. The second-order valence-corrected chi connectivity index (χ2v) is 4.76. The van der Waals surface area contributed by atoms with Crippen LogP contribution >= 0.6 is 0 Å². The van der Waals surface area contributed by atoms with Gasteiger partial charge in [0.15, 0.2) is 0 Å². The smallest absolute Gasteiger partial charge is 0.128 e. The number of hydrogen-bond acceptors (Lipinski definition) is 2. The molecule has 2 aromatic rings. The molecule has 2 rings (SSSR count). The number of halogens is 1. The third-order valence-corrected chi connectivity index (χ3v) is 3.35. The summed E-state index contributed by atoms with van der Waals surface area (Å²) >= 11 is 0. The van der Waals surface area contributed by atoms with Gasteiger partial charge in [-0.05, 0) is 36.2 Å². The van der Waals surface area contributed by atoms with Crippen molar-refractivity contribution in [3.05, 3.63) is 65.0 Å². The summed E-state index contributed by atoms with van der Waals surface area (Å²) < 4.78 is 13.6. The summed E-state index contributed by atoms with van der Waals surface area (Å²) in [7, 11) is 1.96. The lowest BCUT2D eigenvalue weighted by Crippen LogP contribution is -2.17. The minimum Gasteiger partial charge on any atom is -0.370 e. The van der Waals surface area contributed by atoms with E-state index in [4.69, 9.17) is 5.73 Å². The number of rotatable bonds is 4. The maximum atomic E-state index is 13.6. The number of nitrogens with zero attached hydrogens (tertiary/aromatic N) is 1. The topological polar surface area (TPSA) is 29.3 Å². The molecular formula is C16H19FN2. The van der Waals surface area contributed by atoms with Gasteiger partial charge in [-0.3, -0.25) is 0 Å². The first-order valence-electron chi connectivity index (χ1n) is 6.36. The molecule has 0 radical (unpaired) electrons. The van der Waals surface area contributed by atoms with E-state index in [9.17, 15) is 4.39 Å². The lowest BCUT2D eigenvalue weighted by atomic mass is 10.1. The number of benzene rings is 2. The molecule has 0 saturated heterocycles. The van der Waals surface area contributed by atoms with Gasteiger partial charge in [-0.15, -0.1) is 0 Å². The van der Waals surface area contributed by atoms with E-state index in [0.717, 1.165) is 11.3 Å². The van der Waals surface area contributed by atoms with Crippen molar-refractivity contribution in [2.75, 3.05) is 11.9 Å². The second-order valence-electron chi connectivity index (χ2n) is 4.76. The van der Waals surface area contributed by atoms with E-state index in [0.29, 0.717) is 18.7 Å². The molecule has 0 aliphatic carbocycles. The van der Waals surface area contributed by atoms with E-state index < -0.39 is 0 Å². The molecule has 0 aromatic heterocycles. The normalized spacial score (nSPS) is 10.5. The van der Waals surface area contributed by atoms with Gasteiger partial charge in [-0.2, -0.15) is 0 Å². The molecule has 0 bridgehead atoms. The molecule has 2 aromatic carbocycles. The first-order chi connectivity index (χ1) is 9.11. The van der Waals surface area contributed by atoms with Gasteiger partial charge in [0.1, 0.15) is 5.82 Å². The standard InChI is InChI=1S/C16H19FN2/c1-12-9-15(8-7-13(12)10-18)19(2)11-14-5-3-4-6-16(14)17/h3-9H,10-11,18H2,1-2H3. The molecular weight excluding hydrogens is 239 g/mol. The Balaban J connectivity index is 2.18. The Morgan fingerprint density at radius 2 is 1.84 bits per heavy atom. The van der Waals surface area contributed by atoms with E-state index >= 15 is 0 Å². The van der Waals surface area contributed by atoms with E-state index in [2.05, 4.69) is 6.07 Å². The van der Waals surface area contributed by atoms with Crippen LogP contribution in [0.3, 0.4) is 0 Å². The third kappa shape index (κ3) is 3.12. The Bertz CT molecular complexity index is 566. The van der Waals surface area contributed by atoms with Crippen molar-refractivity contribution in [2.24, 2.45) is 5.73 Å². The summed E-state index contributed by atoms with van der Waals surface area (Å²) in [5.41, 5.74) is 9.73. The molecule has 0 amide bonds. The number of hydrogen-bond donors (Lipinski definition) is 1. The van der Waals surface area contributed by atoms with Crippen molar-refractivity contribution in [3.8, 4) is 0 Å². The molecule has 0 aliphatic rings. The lowest BCUT2D eigenvalue weighted by Gasteiger charge is -2.21. The Morgan fingerprint density at radius 3 is 2.47 bits per heavy atom. The summed E-state index contributed by atoms with van der Waals surface area (Å²) in [6.07, 6.45) is 0. The maximum absolute atomic E-state index is 13.6. The molecule has 0 fully saturated rings. The van der Waals surface area contributed by atoms with Crippen molar-refractivity contribution in [2.45, 2.75) is 20.0 Å². The highest BCUT2D eigenvalue weighted by Crippen LogP contribution is 2.20. The maximum Gasteiger partial charge on any atom is 0.128 e. The summed E-state index contributed by atoms with van der Waals surface area (Å²) in [4.78, 5) is 2.03. The van der Waals surface area contributed by atoms with E-state index in [-0.39, 0.29) is 5.82 Å². The summed E-state index contributed by atoms with van der Waals surface area (Å²) in [6, 6.07) is 13.0. The summed E-state index contributed by atoms with van der Waals surface area (Å²) in [6.45, 7) is 3.14. The van der Waals surface area contributed by atoms with Gasteiger partial charge >= 0.3 is 0 Å². The zero-order valence-electron chi connectivity index (χ0n) is 11.4. The first-order valence-corrected chi connectivity index (χ1v) is 6.36. The Kier molecular flexibility index (Phi) is 4.17. The molecule has 0 atom stereocenters. The molecule has 3 heteroatoms. The third-order valence-electron chi connectivity index (χ3n) is 3.35. The van der Waals surface area contributed by atoms with Crippen LogP contribution in [0.25, 0.3) is 0 Å². The monoisotopic (exact) mass is 258 g/mol. The SMILES string of the molecule is Cc1cc(N(C)Cc2ccccc2F)ccc1CN. The predicted octanol–water partition coefficient (Wildman–Crippen LogP) is 3.23. The second kappa shape index (κ2) is 5.85. The van der Waals surface area contributed by atoms with Gasteiger partial charge < -0.3 is 10.6 Å². The fourth-order valence-electron chi connectivity index (χ4n) is 2.12. The largest absolute Gasteiger partial charge is 0.370 e. The molecule has 0 aliphatic heterocycles. The van der Waals surface area contributed by atoms with Crippen LogP contribution in [0.1, 0.15) is 16.7 Å². The van der Waals surface area contributed by atoms with Crippen LogP contribution in [0.2, 0.25) is 0 Å². The Labute approximate surface area is 113 Å². The molecule has 2 N–H and O–H groups in total. The summed E-state index contributed by atoms with van der Waals surface area (Å²) in [5, 5.41) is 0. The predicted molar refractivity (Wildman–Crippen MR) is 77.6 cm³/mol. The fraction of sp³-hybridized carbons (Fsp3) is 0.250. The lowest BCUT2D eigenvalue weighted by molar-refractivity contribution is 0.608. The van der Waals surface area contributed by atoms with Gasteiger partial charge in [0, 0.05) is 31.4 Å². The summed E-state index contributed by atoms with van der Waals surface area (Å²) in [5.74, 6) is -0.162. The van der Waals surface area contributed by atoms with Crippen LogP contribution in [0.4, 0.5) is 10.1 Å². The van der Waals surface area contributed by atoms with Crippen molar-refractivity contribution in [1.82, 2.24) is 0 Å². The van der Waals surface area contributed by atoms with Gasteiger partial charge in [0.05, 0.1) is 0 Å². The highest BCUT2D eigenvalue weighted by atomic mass is 19.1. The van der Waals surface area contributed by atoms with Crippen molar-refractivity contribution in [3.63, 3.8) is 0 Å². The van der Waals surface area contributed by atoms with Crippen molar-refractivity contribution in [1.29, 1.82) is 0 Å². The van der Waals surface area contributed by atoms with Crippen LogP contribution in [-0.2, 0) is 13.1 Å². The average molecular weight is 258 g/mol. The van der Waals surface area contributed by atoms with Crippen LogP contribution < -0.4 is 10.6 Å². The number of aryl methyl sites for hydroxylation is 1. The Hall–Kier alpha value is -1.87. The van der Waals surface area contributed by atoms with E-state index in [1.165, 1.54) is 11.6 Å². The molecule has 0 saturated carbocycles. The van der Waals surface area contributed by atoms with Crippen molar-refractivity contribution < 1.29 is 4.39 Å². The number of anilines is 1. The van der Waals surface area contributed by atoms with Gasteiger partial charge in [0.2, 0.25) is 0 Å².